The summed E-state index contributed by atoms with van der Waals surface area (Å²) in [6.07, 6.45) is 0.469. The second-order valence-electron chi connectivity index (χ2n) is 7.21. The molecule has 4 rings (SSSR count). The van der Waals surface area contributed by atoms with Crippen molar-refractivity contribution in [3.05, 3.63) is 77.2 Å². The lowest BCUT2D eigenvalue weighted by molar-refractivity contribution is -0.137. The maximum atomic E-state index is 12.9. The fraction of sp³-hybridized carbons (Fsp3) is 0.286. The minimum atomic E-state index is -4.45. The van der Waals surface area contributed by atoms with Gasteiger partial charge in [0.05, 0.1) is 28.6 Å². The van der Waals surface area contributed by atoms with Crippen LogP contribution in [0.1, 0.15) is 46.4 Å². The number of carbonyl (C=O) groups excluding carboxylic acids is 1. The molecule has 0 atom stereocenters. The third-order valence-corrected chi connectivity index (χ3v) is 5.43. The van der Waals surface area contributed by atoms with E-state index in [1.807, 2.05) is 30.3 Å². The highest BCUT2D eigenvalue weighted by Crippen LogP contribution is 2.41. The lowest BCUT2D eigenvalue weighted by atomic mass is 9.71. The van der Waals surface area contributed by atoms with Crippen molar-refractivity contribution in [1.29, 1.82) is 0 Å². The van der Waals surface area contributed by atoms with Crippen LogP contribution in [0.2, 0.25) is 0 Å². The fourth-order valence-corrected chi connectivity index (χ4v) is 3.60. The summed E-state index contributed by atoms with van der Waals surface area (Å²) in [6, 6.07) is 12.0. The van der Waals surface area contributed by atoms with Crippen molar-refractivity contribution in [3.63, 3.8) is 0 Å². The van der Waals surface area contributed by atoms with E-state index in [-0.39, 0.29) is 17.3 Å². The number of amides is 1. The van der Waals surface area contributed by atoms with Crippen LogP contribution in [0.5, 0.6) is 0 Å². The van der Waals surface area contributed by atoms with Gasteiger partial charge in [0, 0.05) is 6.20 Å². The number of alkyl halides is 3. The highest BCUT2D eigenvalue weighted by molar-refractivity contribution is 5.95. The monoisotopic (exact) mass is 400 g/mol. The topological polar surface area (TPSA) is 59.8 Å². The molecule has 8 heteroatoms. The Balaban J connectivity index is 1.58. The van der Waals surface area contributed by atoms with E-state index in [2.05, 4.69) is 15.4 Å². The van der Waals surface area contributed by atoms with E-state index < -0.39 is 11.7 Å². The van der Waals surface area contributed by atoms with Gasteiger partial charge in [-0.2, -0.15) is 18.3 Å². The summed E-state index contributed by atoms with van der Waals surface area (Å²) in [5.74, 6) is -0.0415. The predicted molar refractivity (Wildman–Crippen MR) is 101 cm³/mol. The molecule has 1 amide bonds. The van der Waals surface area contributed by atoms with Crippen LogP contribution in [0.25, 0.3) is 5.82 Å². The minimum Gasteiger partial charge on any atom is -0.342 e. The lowest BCUT2D eigenvalue weighted by Gasteiger charge is -2.43. The van der Waals surface area contributed by atoms with Crippen molar-refractivity contribution in [3.8, 4) is 5.82 Å². The average molecular weight is 400 g/mol. The van der Waals surface area contributed by atoms with Crippen molar-refractivity contribution >= 4 is 5.91 Å². The molecule has 0 unspecified atom stereocenters. The maximum absolute atomic E-state index is 12.9. The number of hydrogen-bond acceptors (Lipinski definition) is 3. The second-order valence-corrected chi connectivity index (χ2v) is 7.21. The fourth-order valence-electron chi connectivity index (χ4n) is 3.60. The summed E-state index contributed by atoms with van der Waals surface area (Å²) in [5, 5.41) is 7.29. The molecule has 1 aliphatic carbocycles. The number of carbonyl (C=O) groups is 1. The standard InChI is InChI=1S/C21H19F3N4O/c1-14-17(13-26-28(14)18-9-8-16(12-25-18)21(22,23)24)19(29)27-20(10-5-11-20)15-6-3-2-4-7-15/h2-4,6-9,12-13H,5,10-11H2,1H3,(H,27,29). The van der Waals surface area contributed by atoms with Crippen molar-refractivity contribution < 1.29 is 18.0 Å². The third kappa shape index (κ3) is 3.50. The first-order valence-corrected chi connectivity index (χ1v) is 9.26. The van der Waals surface area contributed by atoms with Gasteiger partial charge in [0.15, 0.2) is 5.82 Å². The quantitative estimate of drug-likeness (QED) is 0.706. The predicted octanol–water partition coefficient (Wildman–Crippen LogP) is 4.40. The number of benzene rings is 1. The molecule has 3 aromatic rings. The Bertz CT molecular complexity index is 1020. The van der Waals surface area contributed by atoms with Gasteiger partial charge in [0.1, 0.15) is 0 Å². The number of nitrogens with one attached hydrogen (secondary N) is 1. The number of halogens is 3. The number of rotatable bonds is 4. The molecule has 0 saturated heterocycles. The molecule has 1 fully saturated rings. The van der Waals surface area contributed by atoms with Crippen LogP contribution in [0.15, 0.2) is 54.9 Å². The summed E-state index contributed by atoms with van der Waals surface area (Å²) in [5.41, 5.74) is 0.721. The van der Waals surface area contributed by atoms with Gasteiger partial charge < -0.3 is 5.32 Å². The Labute approximate surface area is 165 Å². The van der Waals surface area contributed by atoms with E-state index in [9.17, 15) is 18.0 Å². The Morgan fingerprint density at radius 3 is 2.38 bits per heavy atom. The molecule has 0 aliphatic heterocycles. The zero-order valence-corrected chi connectivity index (χ0v) is 15.7. The Morgan fingerprint density at radius 1 is 1.10 bits per heavy atom. The average Bonchev–Trinajstić information content (AvgIpc) is 3.06. The van der Waals surface area contributed by atoms with Gasteiger partial charge in [0.25, 0.3) is 5.91 Å². The molecule has 1 N–H and O–H groups in total. The molecular weight excluding hydrogens is 381 g/mol. The molecule has 1 aromatic carbocycles. The molecule has 0 spiro atoms. The van der Waals surface area contributed by atoms with Crippen molar-refractivity contribution in [1.82, 2.24) is 20.1 Å². The molecule has 1 saturated carbocycles. The normalized spacial score (nSPS) is 15.6. The molecular formula is C21H19F3N4O. The Hall–Kier alpha value is -3.16. The Kier molecular flexibility index (Phi) is 4.64. The zero-order chi connectivity index (χ0) is 20.6. The second kappa shape index (κ2) is 7.02. The van der Waals surface area contributed by atoms with Crippen molar-refractivity contribution in [2.45, 2.75) is 37.9 Å². The van der Waals surface area contributed by atoms with Crippen LogP contribution >= 0.6 is 0 Å². The van der Waals surface area contributed by atoms with Gasteiger partial charge in [-0.1, -0.05) is 30.3 Å². The SMILES string of the molecule is Cc1c(C(=O)NC2(c3ccccc3)CCC2)cnn1-c1ccc(C(F)(F)F)cn1. The number of pyridine rings is 1. The summed E-state index contributed by atoms with van der Waals surface area (Å²) in [6.45, 7) is 1.69. The molecule has 2 heterocycles. The van der Waals surface area contributed by atoms with E-state index in [4.69, 9.17) is 0 Å². The smallest absolute Gasteiger partial charge is 0.342 e. The van der Waals surface area contributed by atoms with E-state index in [0.717, 1.165) is 37.1 Å². The minimum absolute atomic E-state index is 0.218. The largest absolute Gasteiger partial charge is 0.417 e. The molecule has 0 radical (unpaired) electrons. The highest BCUT2D eigenvalue weighted by Gasteiger charge is 2.40. The molecule has 2 aromatic heterocycles. The van der Waals surface area contributed by atoms with Gasteiger partial charge >= 0.3 is 6.18 Å². The van der Waals surface area contributed by atoms with E-state index in [1.165, 1.54) is 16.9 Å². The van der Waals surface area contributed by atoms with Gasteiger partial charge in [0.2, 0.25) is 0 Å². The maximum Gasteiger partial charge on any atom is 0.417 e. The van der Waals surface area contributed by atoms with Crippen LogP contribution in [0.4, 0.5) is 13.2 Å². The van der Waals surface area contributed by atoms with Gasteiger partial charge in [-0.15, -0.1) is 0 Å². The highest BCUT2D eigenvalue weighted by atomic mass is 19.4. The molecule has 5 nitrogen and oxygen atoms in total. The summed E-state index contributed by atoms with van der Waals surface area (Å²) >= 11 is 0. The van der Waals surface area contributed by atoms with Crippen LogP contribution in [0.3, 0.4) is 0 Å². The first-order valence-electron chi connectivity index (χ1n) is 9.26. The van der Waals surface area contributed by atoms with Gasteiger partial charge in [-0.3, -0.25) is 4.79 Å². The van der Waals surface area contributed by atoms with Gasteiger partial charge in [-0.25, -0.2) is 9.67 Å². The zero-order valence-electron chi connectivity index (χ0n) is 15.7. The summed E-state index contributed by atoms with van der Waals surface area (Å²) < 4.78 is 39.6. The molecule has 1 aliphatic rings. The Morgan fingerprint density at radius 2 is 1.83 bits per heavy atom. The number of hydrogen-bond donors (Lipinski definition) is 1. The molecule has 150 valence electrons. The summed E-state index contributed by atoms with van der Waals surface area (Å²) in [7, 11) is 0. The van der Waals surface area contributed by atoms with Crippen molar-refractivity contribution in [2.24, 2.45) is 0 Å². The molecule has 29 heavy (non-hydrogen) atoms. The van der Waals surface area contributed by atoms with E-state index >= 15 is 0 Å². The van der Waals surface area contributed by atoms with Crippen LogP contribution in [-0.2, 0) is 11.7 Å². The third-order valence-electron chi connectivity index (χ3n) is 5.43. The van der Waals surface area contributed by atoms with Crippen molar-refractivity contribution in [2.75, 3.05) is 0 Å². The van der Waals surface area contributed by atoms with E-state index in [0.29, 0.717) is 11.3 Å². The van der Waals surface area contributed by atoms with Crippen LogP contribution in [0, 0.1) is 6.92 Å². The molecule has 0 bridgehead atoms. The number of aromatic nitrogens is 3. The van der Waals surface area contributed by atoms with Crippen LogP contribution in [-0.4, -0.2) is 20.7 Å². The first-order chi connectivity index (χ1) is 13.8. The summed E-state index contributed by atoms with van der Waals surface area (Å²) in [4.78, 5) is 16.8. The number of nitrogens with zero attached hydrogens (tertiary/aromatic N) is 3. The van der Waals surface area contributed by atoms with Gasteiger partial charge in [-0.05, 0) is 43.9 Å². The first kappa shape index (κ1) is 19.2. The lowest BCUT2D eigenvalue weighted by Crippen LogP contribution is -2.50. The van der Waals surface area contributed by atoms with E-state index in [1.54, 1.807) is 6.92 Å². The van der Waals surface area contributed by atoms with Crippen LogP contribution < -0.4 is 5.32 Å².